The fourth-order valence-corrected chi connectivity index (χ4v) is 6.65. The lowest BCUT2D eigenvalue weighted by Crippen LogP contribution is -2.60. The topological polar surface area (TPSA) is 67.9 Å². The molecular weight excluding hydrogens is 396 g/mol. The molecule has 1 aromatic carbocycles. The molecule has 1 N–H and O–H groups in total. The molecular formula is C20H28N2O4S2. The van der Waals surface area contributed by atoms with Crippen molar-refractivity contribution in [3.63, 3.8) is 0 Å². The Kier molecular flexibility index (Phi) is 6.70. The van der Waals surface area contributed by atoms with Crippen LogP contribution in [0.25, 0.3) is 0 Å². The van der Waals surface area contributed by atoms with Crippen molar-refractivity contribution in [2.75, 3.05) is 24.6 Å². The minimum atomic E-state index is -0.559. The highest BCUT2D eigenvalue weighted by Crippen LogP contribution is 2.50. The molecule has 0 aliphatic carbocycles. The predicted molar refractivity (Wildman–Crippen MR) is 114 cm³/mol. The summed E-state index contributed by atoms with van der Waals surface area (Å²) in [7, 11) is 0. The second kappa shape index (κ2) is 8.86. The van der Waals surface area contributed by atoms with Crippen molar-refractivity contribution in [3.8, 4) is 0 Å². The van der Waals surface area contributed by atoms with Crippen LogP contribution in [0.4, 0.5) is 9.59 Å². The maximum atomic E-state index is 12.6. The van der Waals surface area contributed by atoms with Gasteiger partial charge in [-0.3, -0.25) is 0 Å². The number of carbonyl (C=O) groups excluding carboxylic acids is 2. The van der Waals surface area contributed by atoms with Gasteiger partial charge in [0.25, 0.3) is 0 Å². The Balaban J connectivity index is 1.62. The number of benzene rings is 1. The highest BCUT2D eigenvalue weighted by Gasteiger charge is 2.48. The smallest absolute Gasteiger partial charge is 0.410 e. The Morgan fingerprint density at radius 2 is 1.89 bits per heavy atom. The van der Waals surface area contributed by atoms with Gasteiger partial charge in [0, 0.05) is 24.6 Å². The standard InChI is InChI=1S/C20H28N2O4S2/c1-19(2,3)26-17(23)21-16-13-22(10-9-20(16)27-11-12-28-20)18(24)25-14-15-7-5-4-6-8-15/h4-8,16H,9-14H2,1-3H3,(H,21,23). The summed E-state index contributed by atoms with van der Waals surface area (Å²) in [6.45, 7) is 6.82. The molecule has 6 nitrogen and oxygen atoms in total. The molecule has 1 spiro atoms. The van der Waals surface area contributed by atoms with Crippen LogP contribution in [0.1, 0.15) is 32.8 Å². The van der Waals surface area contributed by atoms with Crippen LogP contribution in [-0.2, 0) is 16.1 Å². The van der Waals surface area contributed by atoms with Crippen LogP contribution < -0.4 is 5.32 Å². The quantitative estimate of drug-likeness (QED) is 0.788. The van der Waals surface area contributed by atoms with E-state index in [1.807, 2.05) is 74.6 Å². The summed E-state index contributed by atoms with van der Waals surface area (Å²) in [4.78, 5) is 26.6. The van der Waals surface area contributed by atoms with Gasteiger partial charge in [-0.15, -0.1) is 23.5 Å². The van der Waals surface area contributed by atoms with Gasteiger partial charge in [0.15, 0.2) is 0 Å². The molecule has 2 aliphatic heterocycles. The van der Waals surface area contributed by atoms with Gasteiger partial charge in [-0.25, -0.2) is 9.59 Å². The summed E-state index contributed by atoms with van der Waals surface area (Å²) in [5.74, 6) is 2.10. The molecule has 2 heterocycles. The second-order valence-corrected chi connectivity index (χ2v) is 11.1. The number of hydrogen-bond donors (Lipinski definition) is 1. The van der Waals surface area contributed by atoms with Crippen molar-refractivity contribution in [1.82, 2.24) is 10.2 Å². The third-order valence-corrected chi connectivity index (χ3v) is 8.33. The van der Waals surface area contributed by atoms with E-state index in [4.69, 9.17) is 9.47 Å². The lowest BCUT2D eigenvalue weighted by molar-refractivity contribution is 0.0447. The van der Waals surface area contributed by atoms with Gasteiger partial charge < -0.3 is 19.7 Å². The fourth-order valence-electron chi connectivity index (χ4n) is 3.31. The average Bonchev–Trinajstić information content (AvgIpc) is 3.10. The number of ether oxygens (including phenoxy) is 2. The van der Waals surface area contributed by atoms with Crippen LogP contribution >= 0.6 is 23.5 Å². The molecule has 28 heavy (non-hydrogen) atoms. The summed E-state index contributed by atoms with van der Waals surface area (Å²) >= 11 is 3.74. The maximum Gasteiger partial charge on any atom is 0.410 e. The van der Waals surface area contributed by atoms with Gasteiger partial charge in [-0.05, 0) is 32.8 Å². The molecule has 0 radical (unpaired) electrons. The highest BCUT2D eigenvalue weighted by atomic mass is 32.2. The average molecular weight is 425 g/mol. The summed E-state index contributed by atoms with van der Waals surface area (Å²) < 4.78 is 10.8. The number of amides is 2. The van der Waals surface area contributed by atoms with E-state index >= 15 is 0 Å². The summed E-state index contributed by atoms with van der Waals surface area (Å²) in [5, 5.41) is 3.01. The van der Waals surface area contributed by atoms with Crippen LogP contribution in [0.3, 0.4) is 0 Å². The minimum absolute atomic E-state index is 0.104. The Bertz CT molecular complexity index is 687. The molecule has 1 aromatic rings. The summed E-state index contributed by atoms with van der Waals surface area (Å²) in [5.41, 5.74) is 0.394. The van der Waals surface area contributed by atoms with Crippen molar-refractivity contribution in [3.05, 3.63) is 35.9 Å². The zero-order chi connectivity index (χ0) is 20.2. The molecule has 154 valence electrons. The van der Waals surface area contributed by atoms with Gasteiger partial charge in [-0.1, -0.05) is 30.3 Å². The zero-order valence-electron chi connectivity index (χ0n) is 16.6. The SMILES string of the molecule is CC(C)(C)OC(=O)NC1CN(C(=O)OCc2ccccc2)CCC12SCCS2. The molecule has 2 amide bonds. The maximum absolute atomic E-state index is 12.6. The number of carbonyl (C=O) groups is 2. The monoisotopic (exact) mass is 424 g/mol. The van der Waals surface area contributed by atoms with E-state index in [0.29, 0.717) is 13.1 Å². The predicted octanol–water partition coefficient (Wildman–Crippen LogP) is 4.10. The lowest BCUT2D eigenvalue weighted by Gasteiger charge is -2.44. The molecule has 1 unspecified atom stereocenters. The van der Waals surface area contributed by atoms with Crippen molar-refractivity contribution in [1.29, 1.82) is 0 Å². The molecule has 2 aliphatic rings. The van der Waals surface area contributed by atoms with E-state index in [1.165, 1.54) is 0 Å². The number of rotatable bonds is 3. The van der Waals surface area contributed by atoms with Crippen molar-refractivity contribution >= 4 is 35.7 Å². The highest BCUT2D eigenvalue weighted by molar-refractivity contribution is 8.21. The number of thioether (sulfide) groups is 2. The first-order chi connectivity index (χ1) is 13.3. The Labute approximate surface area is 175 Å². The first kappa shape index (κ1) is 21.2. The van der Waals surface area contributed by atoms with Gasteiger partial charge in [-0.2, -0.15) is 0 Å². The van der Waals surface area contributed by atoms with Crippen LogP contribution in [0.2, 0.25) is 0 Å². The minimum Gasteiger partial charge on any atom is -0.445 e. The first-order valence-corrected chi connectivity index (χ1v) is 11.5. The van der Waals surface area contributed by atoms with Gasteiger partial charge in [0.05, 0.1) is 10.1 Å². The van der Waals surface area contributed by atoms with Gasteiger partial charge >= 0.3 is 12.2 Å². The number of hydrogen-bond acceptors (Lipinski definition) is 6. The molecule has 2 saturated heterocycles. The first-order valence-electron chi connectivity index (χ1n) is 9.50. The largest absolute Gasteiger partial charge is 0.445 e. The second-order valence-electron chi connectivity index (χ2n) is 7.94. The van der Waals surface area contributed by atoms with Crippen molar-refractivity contribution in [2.45, 2.75) is 49.5 Å². The van der Waals surface area contributed by atoms with E-state index in [-0.39, 0.29) is 22.8 Å². The third-order valence-electron chi connectivity index (χ3n) is 4.59. The van der Waals surface area contributed by atoms with Crippen LogP contribution in [0, 0.1) is 0 Å². The summed E-state index contributed by atoms with van der Waals surface area (Å²) in [6, 6.07) is 9.44. The van der Waals surface area contributed by atoms with Gasteiger partial charge in [0.1, 0.15) is 12.2 Å². The number of nitrogens with one attached hydrogen (secondary N) is 1. The van der Waals surface area contributed by atoms with Crippen molar-refractivity contribution < 1.29 is 19.1 Å². The Hall–Kier alpha value is -1.54. The number of alkyl carbamates (subject to hydrolysis) is 1. The van der Waals surface area contributed by atoms with Gasteiger partial charge in [0.2, 0.25) is 0 Å². The summed E-state index contributed by atoms with van der Waals surface area (Å²) in [6.07, 6.45) is 0.0237. The number of nitrogens with zero attached hydrogens (tertiary/aromatic N) is 1. The van der Waals surface area contributed by atoms with Crippen molar-refractivity contribution in [2.24, 2.45) is 0 Å². The molecule has 8 heteroatoms. The number of piperidine rings is 1. The van der Waals surface area contributed by atoms with E-state index < -0.39 is 11.7 Å². The molecule has 0 saturated carbocycles. The van der Waals surface area contributed by atoms with E-state index in [1.54, 1.807) is 4.90 Å². The van der Waals surface area contributed by atoms with Crippen LogP contribution in [-0.4, -0.2) is 57.4 Å². The molecule has 2 fully saturated rings. The zero-order valence-corrected chi connectivity index (χ0v) is 18.2. The lowest BCUT2D eigenvalue weighted by atomic mass is 10.0. The molecule has 1 atom stereocenters. The van der Waals surface area contributed by atoms with Crippen LogP contribution in [0.5, 0.6) is 0 Å². The number of likely N-dealkylation sites (tertiary alicyclic amines) is 1. The third kappa shape index (κ3) is 5.50. The molecule has 3 rings (SSSR count). The van der Waals surface area contributed by atoms with Crippen LogP contribution in [0.15, 0.2) is 30.3 Å². The molecule has 0 bridgehead atoms. The van der Waals surface area contributed by atoms with E-state index in [0.717, 1.165) is 23.5 Å². The fraction of sp³-hybridized carbons (Fsp3) is 0.600. The molecule has 0 aromatic heterocycles. The normalized spacial score (nSPS) is 21.4. The van der Waals surface area contributed by atoms with E-state index in [2.05, 4.69) is 5.32 Å². The Morgan fingerprint density at radius 3 is 2.54 bits per heavy atom. The Morgan fingerprint density at radius 1 is 1.21 bits per heavy atom. The van der Waals surface area contributed by atoms with E-state index in [9.17, 15) is 9.59 Å².